The molecular weight excluding hydrogens is 412 g/mol. The topological polar surface area (TPSA) is 58.6 Å². The largest absolute Gasteiger partial charge is 0.437 e. The Morgan fingerprint density at radius 3 is 2.45 bits per heavy atom. The van der Waals surface area contributed by atoms with Gasteiger partial charge >= 0.3 is 0 Å². The second kappa shape index (κ2) is 9.80. The van der Waals surface area contributed by atoms with Crippen molar-refractivity contribution in [1.29, 1.82) is 0 Å². The highest BCUT2D eigenvalue weighted by molar-refractivity contribution is 5.82. The zero-order chi connectivity index (χ0) is 22.7. The van der Waals surface area contributed by atoms with Gasteiger partial charge in [0, 0.05) is 42.9 Å². The van der Waals surface area contributed by atoms with E-state index < -0.39 is 0 Å². The third-order valence-electron chi connectivity index (χ3n) is 8.00. The van der Waals surface area contributed by atoms with Crippen molar-refractivity contribution in [3.8, 4) is 11.6 Å². The van der Waals surface area contributed by atoms with Gasteiger partial charge in [-0.2, -0.15) is 0 Å². The van der Waals surface area contributed by atoms with Crippen LogP contribution in [-0.2, 0) is 4.79 Å². The number of para-hydroxylation sites is 1. The van der Waals surface area contributed by atoms with E-state index in [0.717, 1.165) is 62.8 Å². The molecule has 0 unspecified atom stereocenters. The number of amides is 1. The van der Waals surface area contributed by atoms with Gasteiger partial charge in [0.1, 0.15) is 11.4 Å². The highest BCUT2D eigenvalue weighted by Gasteiger charge is 2.42. The van der Waals surface area contributed by atoms with Crippen LogP contribution in [-0.4, -0.2) is 57.9 Å². The molecule has 3 fully saturated rings. The van der Waals surface area contributed by atoms with Gasteiger partial charge in [0.15, 0.2) is 0 Å². The summed E-state index contributed by atoms with van der Waals surface area (Å²) in [6.07, 6.45) is 12.7. The maximum absolute atomic E-state index is 13.7. The van der Waals surface area contributed by atoms with Crippen LogP contribution in [0.2, 0.25) is 0 Å². The lowest BCUT2D eigenvalue weighted by atomic mass is 9.78. The van der Waals surface area contributed by atoms with Gasteiger partial charge in [0.2, 0.25) is 11.8 Å². The maximum Gasteiger partial charge on any atom is 0.241 e. The highest BCUT2D eigenvalue weighted by atomic mass is 16.5. The molecule has 1 saturated carbocycles. The van der Waals surface area contributed by atoms with Gasteiger partial charge in [-0.05, 0) is 63.7 Å². The molecule has 1 amide bonds. The fourth-order valence-corrected chi connectivity index (χ4v) is 5.93. The Morgan fingerprint density at radius 1 is 0.970 bits per heavy atom. The van der Waals surface area contributed by atoms with Crippen molar-refractivity contribution >= 4 is 5.91 Å². The summed E-state index contributed by atoms with van der Waals surface area (Å²) in [7, 11) is 0. The number of hydrogen-bond acceptors (Lipinski definition) is 5. The summed E-state index contributed by atoms with van der Waals surface area (Å²) in [6, 6.07) is 10.5. The summed E-state index contributed by atoms with van der Waals surface area (Å²) in [5.74, 6) is 1.79. The Morgan fingerprint density at radius 2 is 1.70 bits per heavy atom. The van der Waals surface area contributed by atoms with Crippen LogP contribution in [0, 0.1) is 5.41 Å². The first-order chi connectivity index (χ1) is 16.1. The van der Waals surface area contributed by atoms with Crippen LogP contribution in [0.1, 0.15) is 69.9 Å². The van der Waals surface area contributed by atoms with E-state index in [1.165, 1.54) is 25.7 Å². The summed E-state index contributed by atoms with van der Waals surface area (Å²) >= 11 is 0. The second-order valence-electron chi connectivity index (χ2n) is 10.3. The van der Waals surface area contributed by atoms with Gasteiger partial charge in [-0.15, -0.1) is 0 Å². The van der Waals surface area contributed by atoms with Crippen molar-refractivity contribution in [3.05, 3.63) is 48.4 Å². The Balaban J connectivity index is 1.25. The molecule has 1 aromatic carbocycles. The number of carbonyl (C=O) groups is 1. The van der Waals surface area contributed by atoms with E-state index in [2.05, 4.69) is 26.7 Å². The molecule has 0 N–H and O–H groups in total. The molecule has 1 aromatic heterocycles. The summed E-state index contributed by atoms with van der Waals surface area (Å²) in [4.78, 5) is 27.6. The summed E-state index contributed by atoms with van der Waals surface area (Å²) < 4.78 is 6.07. The van der Waals surface area contributed by atoms with Gasteiger partial charge in [0.05, 0.1) is 0 Å². The number of carbonyl (C=O) groups excluding carboxylic acids is 1. The third kappa shape index (κ3) is 4.91. The number of ether oxygens (including phenoxy) is 1. The van der Waals surface area contributed by atoms with Crippen LogP contribution in [0.4, 0.5) is 0 Å². The molecule has 6 nitrogen and oxygen atoms in total. The van der Waals surface area contributed by atoms with Crippen molar-refractivity contribution in [1.82, 2.24) is 19.8 Å². The van der Waals surface area contributed by atoms with Gasteiger partial charge in [-0.25, -0.2) is 4.98 Å². The average Bonchev–Trinajstić information content (AvgIpc) is 3.40. The molecule has 2 aromatic rings. The molecule has 0 bridgehead atoms. The van der Waals surface area contributed by atoms with Crippen LogP contribution in [0.25, 0.3) is 0 Å². The Hall–Kier alpha value is -2.47. The molecule has 1 aliphatic carbocycles. The van der Waals surface area contributed by atoms with Crippen LogP contribution < -0.4 is 4.74 Å². The van der Waals surface area contributed by atoms with Crippen molar-refractivity contribution in [3.63, 3.8) is 0 Å². The number of rotatable bonds is 5. The van der Waals surface area contributed by atoms with Gasteiger partial charge in [0.25, 0.3) is 0 Å². The van der Waals surface area contributed by atoms with Crippen molar-refractivity contribution in [2.24, 2.45) is 5.41 Å². The molecule has 5 rings (SSSR count). The van der Waals surface area contributed by atoms with E-state index in [-0.39, 0.29) is 11.3 Å². The first-order valence-corrected chi connectivity index (χ1v) is 12.7. The minimum atomic E-state index is -0.247. The minimum Gasteiger partial charge on any atom is -0.437 e. The normalized spacial score (nSPS) is 24.0. The molecule has 6 heteroatoms. The number of hydrogen-bond donors (Lipinski definition) is 0. The predicted octanol–water partition coefficient (Wildman–Crippen LogP) is 5.02. The monoisotopic (exact) mass is 448 g/mol. The molecule has 176 valence electrons. The Bertz CT molecular complexity index is 936. The lowest BCUT2D eigenvalue weighted by Crippen LogP contribution is -2.52. The second-order valence-corrected chi connectivity index (χ2v) is 10.3. The quantitative estimate of drug-likeness (QED) is 0.643. The SMILES string of the molecule is CC1(C(=O)N2CCC[C@H](c3nccnc3Oc3ccccc3)C2)CCN(C2CCCC2)CC1. The standard InChI is InChI=1S/C27H36N4O2/c1-27(13-18-30(19-14-27)22-9-5-6-10-22)26(32)31-17-7-8-21(20-31)24-25(29-16-15-28-24)33-23-11-3-2-4-12-23/h2-4,11-12,15-16,21-22H,5-10,13-14,17-20H2,1H3/t21-/m0/s1. The first-order valence-electron chi connectivity index (χ1n) is 12.7. The summed E-state index contributed by atoms with van der Waals surface area (Å²) in [5.41, 5.74) is 0.614. The van der Waals surface area contributed by atoms with Gasteiger partial charge < -0.3 is 14.5 Å². The van der Waals surface area contributed by atoms with E-state index in [1.807, 2.05) is 30.3 Å². The summed E-state index contributed by atoms with van der Waals surface area (Å²) in [5, 5.41) is 0. The predicted molar refractivity (Wildman–Crippen MR) is 128 cm³/mol. The first kappa shape index (κ1) is 22.3. The van der Waals surface area contributed by atoms with Crippen molar-refractivity contribution in [2.75, 3.05) is 26.2 Å². The van der Waals surface area contributed by atoms with Crippen LogP contribution in [0.3, 0.4) is 0 Å². The molecule has 3 heterocycles. The Kier molecular flexibility index (Phi) is 6.63. The van der Waals surface area contributed by atoms with E-state index in [4.69, 9.17) is 4.74 Å². The lowest BCUT2D eigenvalue weighted by Gasteiger charge is -2.44. The molecule has 3 aliphatic rings. The molecule has 0 spiro atoms. The molecule has 2 saturated heterocycles. The zero-order valence-electron chi connectivity index (χ0n) is 19.8. The fraction of sp³-hybridized carbons (Fsp3) is 0.593. The van der Waals surface area contributed by atoms with E-state index in [1.54, 1.807) is 12.4 Å². The van der Waals surface area contributed by atoms with E-state index in [0.29, 0.717) is 18.3 Å². The molecule has 0 radical (unpaired) electrons. The number of piperidine rings is 2. The number of aromatic nitrogens is 2. The van der Waals surface area contributed by atoms with Crippen molar-refractivity contribution < 1.29 is 9.53 Å². The third-order valence-corrected chi connectivity index (χ3v) is 8.00. The average molecular weight is 449 g/mol. The minimum absolute atomic E-state index is 0.150. The fourth-order valence-electron chi connectivity index (χ4n) is 5.93. The maximum atomic E-state index is 13.7. The summed E-state index contributed by atoms with van der Waals surface area (Å²) in [6.45, 7) is 5.85. The highest BCUT2D eigenvalue weighted by Crippen LogP contribution is 2.39. The molecule has 2 aliphatic heterocycles. The Labute approximate surface area is 197 Å². The van der Waals surface area contributed by atoms with E-state index >= 15 is 0 Å². The molecule has 33 heavy (non-hydrogen) atoms. The number of likely N-dealkylation sites (tertiary alicyclic amines) is 2. The molecule has 1 atom stereocenters. The van der Waals surface area contributed by atoms with Gasteiger partial charge in [-0.3, -0.25) is 9.78 Å². The number of nitrogens with zero attached hydrogens (tertiary/aromatic N) is 4. The smallest absolute Gasteiger partial charge is 0.241 e. The number of benzene rings is 1. The van der Waals surface area contributed by atoms with Crippen molar-refractivity contribution in [2.45, 2.75) is 70.3 Å². The molecular formula is C27H36N4O2. The zero-order valence-corrected chi connectivity index (χ0v) is 19.8. The van der Waals surface area contributed by atoms with Crippen LogP contribution >= 0.6 is 0 Å². The van der Waals surface area contributed by atoms with Crippen LogP contribution in [0.5, 0.6) is 11.6 Å². The lowest BCUT2D eigenvalue weighted by molar-refractivity contribution is -0.145. The van der Waals surface area contributed by atoms with Gasteiger partial charge in [-0.1, -0.05) is 38.0 Å². The van der Waals surface area contributed by atoms with Crippen LogP contribution in [0.15, 0.2) is 42.7 Å². The van der Waals surface area contributed by atoms with E-state index in [9.17, 15) is 4.79 Å².